The van der Waals surface area contributed by atoms with E-state index < -0.39 is 0 Å². The number of β-amino-alcohol motifs (C(OH)–C–C–N with tert-alkyl or cyclic N) is 1. The summed E-state index contributed by atoms with van der Waals surface area (Å²) in [5.74, 6) is -0.170. The third-order valence-electron chi connectivity index (χ3n) is 2.79. The lowest BCUT2D eigenvalue weighted by molar-refractivity contribution is 0.147. The average Bonchev–Trinajstić information content (AvgIpc) is 2.58. The predicted octanol–water partition coefficient (Wildman–Crippen LogP) is 1.60. The van der Waals surface area contributed by atoms with E-state index in [-0.39, 0.29) is 17.8 Å². The summed E-state index contributed by atoms with van der Waals surface area (Å²) < 4.78 is 13.4. The molecule has 2 nitrogen and oxygen atoms in total. The lowest BCUT2D eigenvalue weighted by Gasteiger charge is -2.13. The second-order valence-corrected chi connectivity index (χ2v) is 4.36. The summed E-state index contributed by atoms with van der Waals surface area (Å²) in [6, 6.07) is 4.53. The Balaban J connectivity index is 2.12. The van der Waals surface area contributed by atoms with Crippen molar-refractivity contribution in [3.05, 3.63) is 34.6 Å². The van der Waals surface area contributed by atoms with Gasteiger partial charge >= 0.3 is 0 Å². The van der Waals surface area contributed by atoms with Crippen molar-refractivity contribution in [2.45, 2.75) is 12.5 Å². The number of aliphatic hydroxyl groups is 1. The number of hydrogen-bond acceptors (Lipinski definition) is 2. The van der Waals surface area contributed by atoms with Crippen molar-refractivity contribution in [1.29, 1.82) is 0 Å². The van der Waals surface area contributed by atoms with Gasteiger partial charge in [0.1, 0.15) is 5.82 Å². The maximum atomic E-state index is 13.4. The van der Waals surface area contributed by atoms with Gasteiger partial charge in [-0.2, -0.15) is 0 Å². The second-order valence-electron chi connectivity index (χ2n) is 3.93. The summed E-state index contributed by atoms with van der Waals surface area (Å²) >= 11 is 5.79. The molecule has 1 saturated heterocycles. The second kappa shape index (κ2) is 4.47. The van der Waals surface area contributed by atoms with Gasteiger partial charge in [-0.3, -0.25) is 0 Å². The van der Waals surface area contributed by atoms with E-state index in [2.05, 4.69) is 5.32 Å². The lowest BCUT2D eigenvalue weighted by atomic mass is 9.96. The van der Waals surface area contributed by atoms with Gasteiger partial charge in [0.25, 0.3) is 0 Å². The Kier molecular flexibility index (Phi) is 3.24. The van der Waals surface area contributed by atoms with E-state index in [1.165, 1.54) is 12.1 Å². The zero-order chi connectivity index (χ0) is 10.8. The van der Waals surface area contributed by atoms with Crippen molar-refractivity contribution in [2.75, 3.05) is 13.1 Å². The van der Waals surface area contributed by atoms with Gasteiger partial charge in [-0.25, -0.2) is 4.39 Å². The molecule has 0 bridgehead atoms. The molecule has 1 heterocycles. The summed E-state index contributed by atoms with van der Waals surface area (Å²) in [5.41, 5.74) is 0.579. The van der Waals surface area contributed by atoms with Crippen LogP contribution in [-0.4, -0.2) is 24.3 Å². The molecule has 0 spiro atoms. The highest BCUT2D eigenvalue weighted by Crippen LogP contribution is 2.21. The highest BCUT2D eigenvalue weighted by atomic mass is 35.5. The zero-order valence-electron chi connectivity index (χ0n) is 8.21. The Morgan fingerprint density at radius 2 is 2.27 bits per heavy atom. The predicted molar refractivity (Wildman–Crippen MR) is 57.5 cm³/mol. The van der Waals surface area contributed by atoms with Crippen LogP contribution in [-0.2, 0) is 6.42 Å². The minimum Gasteiger partial charge on any atom is -0.391 e. The molecule has 1 fully saturated rings. The Hall–Kier alpha value is -0.640. The Morgan fingerprint density at radius 3 is 2.93 bits per heavy atom. The number of halogens is 2. The molecule has 4 heteroatoms. The van der Waals surface area contributed by atoms with Crippen molar-refractivity contribution in [2.24, 2.45) is 5.92 Å². The van der Waals surface area contributed by atoms with Gasteiger partial charge in [0.05, 0.1) is 6.10 Å². The smallest absolute Gasteiger partial charge is 0.126 e. The van der Waals surface area contributed by atoms with Crippen molar-refractivity contribution >= 4 is 11.6 Å². The van der Waals surface area contributed by atoms with E-state index >= 15 is 0 Å². The summed E-state index contributed by atoms with van der Waals surface area (Å²) in [5, 5.41) is 13.2. The number of hydrogen-bond donors (Lipinski definition) is 2. The fraction of sp³-hybridized carbons (Fsp3) is 0.455. The van der Waals surface area contributed by atoms with E-state index in [9.17, 15) is 9.50 Å². The molecule has 2 N–H and O–H groups in total. The van der Waals surface area contributed by atoms with Gasteiger partial charge in [0.15, 0.2) is 0 Å². The van der Waals surface area contributed by atoms with E-state index in [1.54, 1.807) is 6.07 Å². The molecule has 0 aromatic heterocycles. The van der Waals surface area contributed by atoms with Crippen molar-refractivity contribution < 1.29 is 9.50 Å². The SMILES string of the molecule is O[C@@H]1CNC[C@H]1Cc1cc(Cl)ccc1F. The number of nitrogens with one attached hydrogen (secondary N) is 1. The van der Waals surface area contributed by atoms with Crippen LogP contribution < -0.4 is 5.32 Å². The van der Waals surface area contributed by atoms with Crippen molar-refractivity contribution in [3.63, 3.8) is 0 Å². The van der Waals surface area contributed by atoms with Gasteiger partial charge in [-0.05, 0) is 30.2 Å². The molecular formula is C11H13ClFNO. The van der Waals surface area contributed by atoms with Crippen LogP contribution >= 0.6 is 11.6 Å². The van der Waals surface area contributed by atoms with Crippen LogP contribution in [0.4, 0.5) is 4.39 Å². The molecule has 0 amide bonds. The van der Waals surface area contributed by atoms with Crippen LogP contribution in [0, 0.1) is 11.7 Å². The van der Waals surface area contributed by atoms with Crippen LogP contribution in [0.2, 0.25) is 5.02 Å². The minimum atomic E-state index is -0.386. The Labute approximate surface area is 93.1 Å². The van der Waals surface area contributed by atoms with Gasteiger partial charge in [-0.15, -0.1) is 0 Å². The molecule has 0 unspecified atom stereocenters. The van der Waals surface area contributed by atoms with Crippen LogP contribution in [0.15, 0.2) is 18.2 Å². The number of benzene rings is 1. The fourth-order valence-electron chi connectivity index (χ4n) is 1.91. The maximum absolute atomic E-state index is 13.4. The third-order valence-corrected chi connectivity index (χ3v) is 3.03. The first-order chi connectivity index (χ1) is 7.16. The molecule has 82 valence electrons. The summed E-state index contributed by atoms with van der Waals surface area (Å²) in [6.07, 6.45) is 0.143. The normalized spacial score (nSPS) is 25.8. The molecule has 1 aromatic carbocycles. The van der Waals surface area contributed by atoms with Crippen LogP contribution in [0.5, 0.6) is 0 Å². The quantitative estimate of drug-likeness (QED) is 0.808. The molecule has 1 aliphatic rings. The van der Waals surface area contributed by atoms with Crippen LogP contribution in [0.25, 0.3) is 0 Å². The molecule has 2 atom stereocenters. The van der Waals surface area contributed by atoms with E-state index in [1.807, 2.05) is 0 Å². The molecule has 2 rings (SSSR count). The number of rotatable bonds is 2. The summed E-state index contributed by atoms with van der Waals surface area (Å²) in [6.45, 7) is 1.32. The molecule has 0 saturated carbocycles. The maximum Gasteiger partial charge on any atom is 0.126 e. The van der Waals surface area contributed by atoms with Crippen LogP contribution in [0.3, 0.4) is 0 Å². The van der Waals surface area contributed by atoms with Crippen molar-refractivity contribution in [3.8, 4) is 0 Å². The van der Waals surface area contributed by atoms with E-state index in [0.717, 1.165) is 6.54 Å². The van der Waals surface area contributed by atoms with Gasteiger partial charge in [0, 0.05) is 24.0 Å². The monoisotopic (exact) mass is 229 g/mol. The topological polar surface area (TPSA) is 32.3 Å². The van der Waals surface area contributed by atoms with Gasteiger partial charge in [0.2, 0.25) is 0 Å². The largest absolute Gasteiger partial charge is 0.391 e. The van der Waals surface area contributed by atoms with Crippen molar-refractivity contribution in [1.82, 2.24) is 5.32 Å². The average molecular weight is 230 g/mol. The van der Waals surface area contributed by atoms with E-state index in [4.69, 9.17) is 11.6 Å². The molecule has 0 aliphatic carbocycles. The third kappa shape index (κ3) is 2.48. The molecule has 15 heavy (non-hydrogen) atoms. The zero-order valence-corrected chi connectivity index (χ0v) is 8.97. The van der Waals surface area contributed by atoms with Crippen LogP contribution in [0.1, 0.15) is 5.56 Å². The Bertz CT molecular complexity index is 358. The first-order valence-corrected chi connectivity index (χ1v) is 5.37. The molecular weight excluding hydrogens is 217 g/mol. The van der Waals surface area contributed by atoms with Gasteiger partial charge < -0.3 is 10.4 Å². The van der Waals surface area contributed by atoms with Gasteiger partial charge in [-0.1, -0.05) is 11.6 Å². The number of aliphatic hydroxyl groups excluding tert-OH is 1. The standard InChI is InChI=1S/C11H13ClFNO/c12-9-1-2-10(13)7(4-9)3-8-5-14-6-11(8)15/h1-2,4,8,11,14-15H,3,5-6H2/t8-,11-/m1/s1. The molecule has 1 aromatic rings. The highest BCUT2D eigenvalue weighted by molar-refractivity contribution is 6.30. The molecule has 1 aliphatic heterocycles. The summed E-state index contributed by atoms with van der Waals surface area (Å²) in [7, 11) is 0. The highest BCUT2D eigenvalue weighted by Gasteiger charge is 2.25. The minimum absolute atomic E-state index is 0.0815. The Morgan fingerprint density at radius 1 is 1.47 bits per heavy atom. The van der Waals surface area contributed by atoms with E-state index in [0.29, 0.717) is 23.6 Å². The first kappa shape index (κ1) is 10.9. The first-order valence-electron chi connectivity index (χ1n) is 4.99. The molecule has 0 radical (unpaired) electrons. The fourth-order valence-corrected chi connectivity index (χ4v) is 2.10. The lowest BCUT2D eigenvalue weighted by Crippen LogP contribution is -2.20. The summed E-state index contributed by atoms with van der Waals surface area (Å²) in [4.78, 5) is 0.